The van der Waals surface area contributed by atoms with Crippen molar-refractivity contribution in [1.82, 2.24) is 4.57 Å². The third-order valence-electron chi connectivity index (χ3n) is 11.1. The Balaban J connectivity index is 1.15. The van der Waals surface area contributed by atoms with E-state index in [1.807, 2.05) is 0 Å². The Hall–Kier alpha value is -6.96. The highest BCUT2D eigenvalue weighted by Gasteiger charge is 2.20. The lowest BCUT2D eigenvalue weighted by Gasteiger charge is -2.18. The van der Waals surface area contributed by atoms with E-state index in [4.69, 9.17) is 0 Å². The highest BCUT2D eigenvalue weighted by molar-refractivity contribution is 6.27. The molecule has 0 spiro atoms. The number of benzene rings is 10. The van der Waals surface area contributed by atoms with Gasteiger partial charge in [-0.1, -0.05) is 170 Å². The van der Waals surface area contributed by atoms with Crippen molar-refractivity contribution in [3.05, 3.63) is 200 Å². The molecule has 1 aromatic heterocycles. The van der Waals surface area contributed by atoms with Crippen molar-refractivity contribution in [1.29, 1.82) is 0 Å². The fourth-order valence-corrected chi connectivity index (χ4v) is 8.93. The largest absolute Gasteiger partial charge is 0.309 e. The Kier molecular flexibility index (Phi) is 6.62. The lowest BCUT2D eigenvalue weighted by molar-refractivity contribution is 1.18. The predicted molar refractivity (Wildman–Crippen MR) is 227 cm³/mol. The van der Waals surface area contributed by atoms with E-state index in [-0.39, 0.29) is 0 Å². The van der Waals surface area contributed by atoms with Gasteiger partial charge in [0.25, 0.3) is 0 Å². The van der Waals surface area contributed by atoms with Gasteiger partial charge in [-0.3, -0.25) is 0 Å². The van der Waals surface area contributed by atoms with Crippen LogP contribution in [0.5, 0.6) is 0 Å². The Morgan fingerprint density at radius 1 is 0.264 bits per heavy atom. The van der Waals surface area contributed by atoms with Crippen LogP contribution in [0.1, 0.15) is 0 Å². The van der Waals surface area contributed by atoms with Gasteiger partial charge in [0, 0.05) is 16.5 Å². The second-order valence-electron chi connectivity index (χ2n) is 14.0. The Morgan fingerprint density at radius 2 is 0.698 bits per heavy atom. The molecular weight excluding hydrogens is 639 g/mol. The average Bonchev–Trinajstić information content (AvgIpc) is 3.57. The minimum absolute atomic E-state index is 1.15. The predicted octanol–water partition coefficient (Wildman–Crippen LogP) is 14.4. The van der Waals surface area contributed by atoms with E-state index in [1.54, 1.807) is 0 Å². The van der Waals surface area contributed by atoms with E-state index in [0.29, 0.717) is 0 Å². The summed E-state index contributed by atoms with van der Waals surface area (Å²) in [6.45, 7) is 0. The van der Waals surface area contributed by atoms with E-state index in [2.05, 4.69) is 205 Å². The van der Waals surface area contributed by atoms with Crippen molar-refractivity contribution in [3.8, 4) is 39.1 Å². The maximum Gasteiger partial charge on any atom is 0.0547 e. The third kappa shape index (κ3) is 4.51. The summed E-state index contributed by atoms with van der Waals surface area (Å²) in [5.74, 6) is 0. The summed E-state index contributed by atoms with van der Waals surface area (Å²) >= 11 is 0. The molecule has 0 radical (unpaired) electrons. The molecule has 53 heavy (non-hydrogen) atoms. The Bertz CT molecular complexity index is 3130. The molecule has 0 saturated heterocycles. The van der Waals surface area contributed by atoms with Crippen LogP contribution in [0.15, 0.2) is 200 Å². The maximum absolute atomic E-state index is 2.44. The van der Waals surface area contributed by atoms with Crippen LogP contribution >= 0.6 is 0 Å². The van der Waals surface area contributed by atoms with Crippen LogP contribution in [-0.2, 0) is 0 Å². The second kappa shape index (κ2) is 11.8. The molecule has 0 N–H and O–H groups in total. The lowest BCUT2D eigenvalue weighted by atomic mass is 9.86. The Labute approximate surface area is 307 Å². The zero-order valence-electron chi connectivity index (χ0n) is 29.0. The zero-order valence-corrected chi connectivity index (χ0v) is 29.0. The summed E-state index contributed by atoms with van der Waals surface area (Å²) < 4.78 is 2.44. The molecule has 0 aliphatic heterocycles. The molecule has 1 heteroatoms. The molecular formula is C52H33N. The first kappa shape index (κ1) is 29.7. The topological polar surface area (TPSA) is 4.93 Å². The summed E-state index contributed by atoms with van der Waals surface area (Å²) in [4.78, 5) is 0. The molecule has 0 unspecified atom stereocenters. The van der Waals surface area contributed by atoms with Crippen molar-refractivity contribution < 1.29 is 0 Å². The molecule has 0 saturated carbocycles. The van der Waals surface area contributed by atoms with Crippen molar-refractivity contribution >= 4 is 64.9 Å². The van der Waals surface area contributed by atoms with Gasteiger partial charge in [0.05, 0.1) is 11.0 Å². The molecule has 1 heterocycles. The Morgan fingerprint density at radius 3 is 1.28 bits per heavy atom. The number of nitrogens with zero attached hydrogens (tertiary/aromatic N) is 1. The quantitative estimate of drug-likeness (QED) is 0.164. The molecule has 1 nitrogen and oxygen atoms in total. The molecule has 10 aromatic carbocycles. The standard InChI is InChI=1S/C52H33N/c1-3-15-34(16-4-1)49-39-20-8-7-19-37(39)33-46-44(49)31-32-48-52(46)45-25-13-14-26-47(45)53(48)38-29-27-36(28-30-38)51-42-23-11-9-21-40(42)50(35-17-5-2-6-18-35)41-22-10-12-24-43(41)51/h1-33H. The molecule has 246 valence electrons. The molecule has 0 atom stereocenters. The van der Waals surface area contributed by atoms with E-state index in [9.17, 15) is 0 Å². The van der Waals surface area contributed by atoms with Crippen molar-refractivity contribution in [2.75, 3.05) is 0 Å². The van der Waals surface area contributed by atoms with Gasteiger partial charge in [-0.25, -0.2) is 0 Å². The normalized spacial score (nSPS) is 11.8. The summed E-state index contributed by atoms with van der Waals surface area (Å²) in [6, 6.07) is 73.4. The van der Waals surface area contributed by atoms with Gasteiger partial charge in [-0.15, -0.1) is 0 Å². The fraction of sp³-hybridized carbons (Fsp3) is 0. The van der Waals surface area contributed by atoms with Gasteiger partial charge in [0.2, 0.25) is 0 Å². The van der Waals surface area contributed by atoms with Gasteiger partial charge in [-0.05, 0) is 107 Å². The molecule has 11 aromatic rings. The SMILES string of the molecule is c1ccc(-c2c3ccccc3c(-c3ccc(-n4c5ccccc5c5c6cc7ccccc7c(-c7ccccc7)c6ccc54)cc3)c3ccccc23)cc1. The van der Waals surface area contributed by atoms with Crippen LogP contribution in [0.4, 0.5) is 0 Å². The van der Waals surface area contributed by atoms with Crippen molar-refractivity contribution in [2.24, 2.45) is 0 Å². The number of hydrogen-bond acceptors (Lipinski definition) is 0. The monoisotopic (exact) mass is 671 g/mol. The zero-order chi connectivity index (χ0) is 34.9. The fourth-order valence-electron chi connectivity index (χ4n) is 8.93. The van der Waals surface area contributed by atoms with Crippen LogP contribution < -0.4 is 0 Å². The van der Waals surface area contributed by atoms with Gasteiger partial charge in [0.1, 0.15) is 0 Å². The van der Waals surface area contributed by atoms with Gasteiger partial charge < -0.3 is 4.57 Å². The summed E-state index contributed by atoms with van der Waals surface area (Å²) in [5.41, 5.74) is 11.1. The van der Waals surface area contributed by atoms with E-state index >= 15 is 0 Å². The van der Waals surface area contributed by atoms with Crippen molar-refractivity contribution in [3.63, 3.8) is 0 Å². The first-order chi connectivity index (χ1) is 26.3. The molecule has 0 aliphatic rings. The maximum atomic E-state index is 2.44. The van der Waals surface area contributed by atoms with Crippen molar-refractivity contribution in [2.45, 2.75) is 0 Å². The highest BCUT2D eigenvalue weighted by atomic mass is 15.0. The number of aromatic nitrogens is 1. The number of hydrogen-bond donors (Lipinski definition) is 0. The third-order valence-corrected chi connectivity index (χ3v) is 11.1. The lowest BCUT2D eigenvalue weighted by Crippen LogP contribution is -1.95. The van der Waals surface area contributed by atoms with Gasteiger partial charge in [0.15, 0.2) is 0 Å². The minimum atomic E-state index is 1.15. The molecule has 0 fully saturated rings. The number of fused-ring (bicyclic) bond motifs is 8. The van der Waals surface area contributed by atoms with E-state index < -0.39 is 0 Å². The summed E-state index contributed by atoms with van der Waals surface area (Å²) in [7, 11) is 0. The van der Waals surface area contributed by atoms with Crippen LogP contribution in [0.25, 0.3) is 104 Å². The number of rotatable bonds is 4. The molecule has 0 amide bonds. The van der Waals surface area contributed by atoms with Gasteiger partial charge in [-0.2, -0.15) is 0 Å². The first-order valence-corrected chi connectivity index (χ1v) is 18.4. The molecule has 0 aliphatic carbocycles. The van der Waals surface area contributed by atoms with Crippen LogP contribution in [0.2, 0.25) is 0 Å². The smallest absolute Gasteiger partial charge is 0.0547 e. The molecule has 11 rings (SSSR count). The summed E-state index contributed by atoms with van der Waals surface area (Å²) in [5, 5.41) is 12.7. The highest BCUT2D eigenvalue weighted by Crippen LogP contribution is 2.45. The van der Waals surface area contributed by atoms with Crippen LogP contribution in [-0.4, -0.2) is 4.57 Å². The van der Waals surface area contributed by atoms with Crippen LogP contribution in [0.3, 0.4) is 0 Å². The average molecular weight is 672 g/mol. The minimum Gasteiger partial charge on any atom is -0.309 e. The van der Waals surface area contributed by atoms with Gasteiger partial charge >= 0.3 is 0 Å². The number of para-hydroxylation sites is 1. The summed E-state index contributed by atoms with van der Waals surface area (Å²) in [6.07, 6.45) is 0. The first-order valence-electron chi connectivity index (χ1n) is 18.4. The van der Waals surface area contributed by atoms with E-state index in [1.165, 1.54) is 98.3 Å². The molecule has 0 bridgehead atoms. The van der Waals surface area contributed by atoms with E-state index in [0.717, 1.165) is 5.69 Å². The second-order valence-corrected chi connectivity index (χ2v) is 14.0. The van der Waals surface area contributed by atoms with Crippen LogP contribution in [0, 0.1) is 0 Å².